The van der Waals surface area contributed by atoms with Gasteiger partial charge in [-0.1, -0.05) is 6.07 Å². The van der Waals surface area contributed by atoms with E-state index < -0.39 is 0 Å². The Hall–Kier alpha value is -1.14. The first-order valence-electron chi connectivity index (χ1n) is 4.45. The zero-order valence-electron chi connectivity index (χ0n) is 8.11. The van der Waals surface area contributed by atoms with Gasteiger partial charge in [-0.3, -0.25) is 4.98 Å². The molecular weight excluding hydrogens is 336 g/mol. The molecule has 0 fully saturated rings. The van der Waals surface area contributed by atoms with E-state index in [4.69, 9.17) is 5.73 Å². The monoisotopic (exact) mass is 342 g/mol. The van der Waals surface area contributed by atoms with Gasteiger partial charge in [0, 0.05) is 8.95 Å². The average Bonchev–Trinajstić information content (AvgIpc) is 2.24. The van der Waals surface area contributed by atoms with Crippen LogP contribution in [0.3, 0.4) is 0 Å². The first-order valence-corrected chi connectivity index (χ1v) is 6.04. The van der Waals surface area contributed by atoms with Crippen LogP contribution in [0.2, 0.25) is 0 Å². The molecule has 2 aromatic rings. The lowest BCUT2D eigenvalue weighted by molar-refractivity contribution is 1.21. The third kappa shape index (κ3) is 2.51. The van der Waals surface area contributed by atoms with Crippen molar-refractivity contribution in [3.8, 4) is 0 Å². The molecule has 4 nitrogen and oxygen atoms in total. The topological polar surface area (TPSA) is 63.8 Å². The highest BCUT2D eigenvalue weighted by molar-refractivity contribution is 9.11. The number of nitrogen functional groups attached to an aromatic ring is 1. The summed E-state index contributed by atoms with van der Waals surface area (Å²) in [5, 5.41) is 3.13. The van der Waals surface area contributed by atoms with Crippen LogP contribution in [0.5, 0.6) is 0 Å². The predicted molar refractivity (Wildman–Crippen MR) is 71.6 cm³/mol. The first-order chi connectivity index (χ1) is 7.66. The van der Waals surface area contributed by atoms with Crippen molar-refractivity contribution >= 4 is 49.2 Å². The van der Waals surface area contributed by atoms with Gasteiger partial charge in [0.2, 0.25) is 0 Å². The Bertz CT molecular complexity index is 496. The van der Waals surface area contributed by atoms with Crippen LogP contribution in [-0.2, 0) is 0 Å². The van der Waals surface area contributed by atoms with Gasteiger partial charge in [-0.25, -0.2) is 4.98 Å². The van der Waals surface area contributed by atoms with E-state index in [1.54, 1.807) is 6.20 Å². The van der Waals surface area contributed by atoms with Crippen LogP contribution in [0, 0.1) is 0 Å². The molecule has 0 radical (unpaired) electrons. The normalized spacial score (nSPS) is 10.1. The smallest absolute Gasteiger partial charge is 0.151 e. The van der Waals surface area contributed by atoms with Gasteiger partial charge in [-0.2, -0.15) is 0 Å². The quantitative estimate of drug-likeness (QED) is 0.877. The molecule has 0 aliphatic carbocycles. The maximum Gasteiger partial charge on any atom is 0.151 e. The number of benzene rings is 1. The molecular formula is C10H8Br2N4. The van der Waals surface area contributed by atoms with Crippen LogP contribution in [0.1, 0.15) is 0 Å². The summed E-state index contributed by atoms with van der Waals surface area (Å²) in [6.45, 7) is 0. The van der Waals surface area contributed by atoms with Crippen molar-refractivity contribution in [3.05, 3.63) is 39.5 Å². The predicted octanol–water partition coefficient (Wildman–Crippen LogP) is 3.33. The Labute approximate surface area is 110 Å². The van der Waals surface area contributed by atoms with Crippen molar-refractivity contribution < 1.29 is 0 Å². The molecule has 0 amide bonds. The van der Waals surface area contributed by atoms with Gasteiger partial charge in [0.25, 0.3) is 0 Å². The molecule has 2 rings (SSSR count). The van der Waals surface area contributed by atoms with Gasteiger partial charge >= 0.3 is 0 Å². The van der Waals surface area contributed by atoms with Gasteiger partial charge in [-0.15, -0.1) is 0 Å². The molecule has 0 aliphatic heterocycles. The maximum atomic E-state index is 5.55. The zero-order valence-corrected chi connectivity index (χ0v) is 11.3. The summed E-state index contributed by atoms with van der Waals surface area (Å²) < 4.78 is 1.87. The fraction of sp³-hybridized carbons (Fsp3) is 0. The molecule has 0 unspecified atom stereocenters. The molecule has 1 aromatic heterocycles. The third-order valence-corrected chi connectivity index (χ3v) is 3.19. The van der Waals surface area contributed by atoms with E-state index in [-0.39, 0.29) is 0 Å². The molecule has 82 valence electrons. The lowest BCUT2D eigenvalue weighted by Gasteiger charge is -2.09. The van der Waals surface area contributed by atoms with Crippen molar-refractivity contribution in [2.45, 2.75) is 0 Å². The molecule has 3 N–H and O–H groups in total. The summed E-state index contributed by atoms with van der Waals surface area (Å²) in [4.78, 5) is 8.07. The van der Waals surface area contributed by atoms with Gasteiger partial charge in [-0.05, 0) is 44.0 Å². The fourth-order valence-electron chi connectivity index (χ4n) is 1.19. The lowest BCUT2D eigenvalue weighted by Crippen LogP contribution is -1.99. The van der Waals surface area contributed by atoms with E-state index in [1.807, 2.05) is 18.2 Å². The highest BCUT2D eigenvalue weighted by Gasteiger charge is 2.05. The van der Waals surface area contributed by atoms with E-state index >= 15 is 0 Å². The van der Waals surface area contributed by atoms with E-state index in [0.29, 0.717) is 11.6 Å². The largest absolute Gasteiger partial charge is 0.382 e. The number of halogens is 2. The summed E-state index contributed by atoms with van der Waals surface area (Å²) in [6.07, 6.45) is 3.11. The first kappa shape index (κ1) is 11.3. The molecule has 0 saturated heterocycles. The summed E-state index contributed by atoms with van der Waals surface area (Å²) in [5.74, 6) is 0.987. The van der Waals surface area contributed by atoms with E-state index in [1.165, 1.54) is 6.20 Å². The highest BCUT2D eigenvalue weighted by atomic mass is 79.9. The number of nitrogens with one attached hydrogen (secondary N) is 1. The SMILES string of the molecule is Nc1cncc(Nc2c(Br)cccc2Br)n1. The van der Waals surface area contributed by atoms with Crippen LogP contribution in [0.25, 0.3) is 0 Å². The van der Waals surface area contributed by atoms with E-state index in [2.05, 4.69) is 47.1 Å². The molecule has 0 spiro atoms. The minimum atomic E-state index is 0.383. The van der Waals surface area contributed by atoms with Gasteiger partial charge in [0.15, 0.2) is 5.82 Å². The molecule has 1 heterocycles. The number of para-hydroxylation sites is 1. The second-order valence-corrected chi connectivity index (χ2v) is 4.76. The minimum Gasteiger partial charge on any atom is -0.382 e. The lowest BCUT2D eigenvalue weighted by atomic mass is 10.3. The maximum absolute atomic E-state index is 5.55. The van der Waals surface area contributed by atoms with Crippen LogP contribution in [-0.4, -0.2) is 9.97 Å². The fourth-order valence-corrected chi connectivity index (χ4v) is 2.38. The van der Waals surface area contributed by atoms with Crippen LogP contribution >= 0.6 is 31.9 Å². The third-order valence-electron chi connectivity index (χ3n) is 1.87. The van der Waals surface area contributed by atoms with Crippen molar-refractivity contribution in [2.75, 3.05) is 11.1 Å². The Kier molecular flexibility index (Phi) is 3.40. The summed E-state index contributed by atoms with van der Waals surface area (Å²) >= 11 is 6.90. The van der Waals surface area contributed by atoms with Crippen LogP contribution in [0.15, 0.2) is 39.5 Å². The number of anilines is 3. The molecule has 0 aliphatic rings. The van der Waals surface area contributed by atoms with E-state index in [9.17, 15) is 0 Å². The molecule has 0 atom stereocenters. The summed E-state index contributed by atoms with van der Waals surface area (Å²) in [5.41, 5.74) is 6.44. The number of hydrogen-bond donors (Lipinski definition) is 2. The zero-order chi connectivity index (χ0) is 11.5. The number of aromatic nitrogens is 2. The number of hydrogen-bond acceptors (Lipinski definition) is 4. The molecule has 16 heavy (non-hydrogen) atoms. The Morgan fingerprint density at radius 3 is 2.44 bits per heavy atom. The second kappa shape index (κ2) is 4.80. The van der Waals surface area contributed by atoms with Crippen molar-refractivity contribution in [3.63, 3.8) is 0 Å². The van der Waals surface area contributed by atoms with Crippen molar-refractivity contribution in [1.82, 2.24) is 9.97 Å². The van der Waals surface area contributed by atoms with Crippen LogP contribution in [0.4, 0.5) is 17.3 Å². The summed E-state index contributed by atoms with van der Waals surface area (Å²) in [7, 11) is 0. The molecule has 1 aromatic carbocycles. The standard InChI is InChI=1S/C10H8Br2N4/c11-6-2-1-3-7(12)10(6)16-9-5-14-4-8(13)15-9/h1-5H,(H3,13,15,16). The Balaban J connectivity index is 2.34. The summed E-state index contributed by atoms with van der Waals surface area (Å²) in [6, 6.07) is 5.81. The van der Waals surface area contributed by atoms with Crippen LogP contribution < -0.4 is 11.1 Å². The van der Waals surface area contributed by atoms with Gasteiger partial charge in [0.05, 0.1) is 18.1 Å². The van der Waals surface area contributed by atoms with E-state index in [0.717, 1.165) is 14.6 Å². The highest BCUT2D eigenvalue weighted by Crippen LogP contribution is 2.32. The Morgan fingerprint density at radius 2 is 1.81 bits per heavy atom. The van der Waals surface area contributed by atoms with Crippen molar-refractivity contribution in [2.24, 2.45) is 0 Å². The average molecular weight is 344 g/mol. The minimum absolute atomic E-state index is 0.383. The molecule has 0 saturated carbocycles. The number of nitrogens with zero attached hydrogens (tertiary/aromatic N) is 2. The van der Waals surface area contributed by atoms with Crippen molar-refractivity contribution in [1.29, 1.82) is 0 Å². The number of rotatable bonds is 2. The Morgan fingerprint density at radius 1 is 1.12 bits per heavy atom. The molecule has 6 heteroatoms. The molecule has 0 bridgehead atoms. The number of nitrogens with two attached hydrogens (primary N) is 1. The van der Waals surface area contributed by atoms with Gasteiger partial charge in [0.1, 0.15) is 5.82 Å². The van der Waals surface area contributed by atoms with Gasteiger partial charge < -0.3 is 11.1 Å². The second-order valence-electron chi connectivity index (χ2n) is 3.05.